The fourth-order valence-electron chi connectivity index (χ4n) is 10.5. The van der Waals surface area contributed by atoms with E-state index in [0.717, 1.165) is 82.1 Å². The Kier molecular flexibility index (Phi) is 12.3. The molecular formula is C52H58N8O4. The van der Waals surface area contributed by atoms with Crippen molar-refractivity contribution in [1.82, 2.24) is 39.5 Å². The third-order valence-corrected chi connectivity index (χ3v) is 14.0. The molecule has 4 aliphatic rings. The lowest BCUT2D eigenvalue weighted by Crippen LogP contribution is -2.46. The Balaban J connectivity index is 0.801. The van der Waals surface area contributed by atoms with Gasteiger partial charge in [0.1, 0.15) is 23.7 Å². The minimum atomic E-state index is -0.386. The van der Waals surface area contributed by atoms with Gasteiger partial charge in [-0.2, -0.15) is 0 Å². The normalized spacial score (nSPS) is 21.3. The zero-order chi connectivity index (χ0) is 43.6. The molecule has 4 atom stereocenters. The second kappa shape index (κ2) is 18.7. The number of hydrogen-bond acceptors (Lipinski definition) is 8. The molecule has 4 fully saturated rings. The van der Waals surface area contributed by atoms with Crippen molar-refractivity contribution in [3.05, 3.63) is 144 Å². The first-order chi connectivity index (χ1) is 31.4. The molecule has 64 heavy (non-hydrogen) atoms. The van der Waals surface area contributed by atoms with E-state index in [0.29, 0.717) is 65.0 Å². The van der Waals surface area contributed by atoms with Crippen LogP contribution in [0.15, 0.2) is 122 Å². The Bertz CT molecular complexity index is 2320. The minimum Gasteiger partial charge on any atom is -0.393 e. The number of likely N-dealkylation sites (tertiary alicyclic amines) is 4. The molecule has 2 amide bonds. The molecule has 6 aromatic rings. The van der Waals surface area contributed by atoms with Gasteiger partial charge in [0, 0.05) is 39.3 Å². The average Bonchev–Trinajstić information content (AvgIpc) is 4.19. The number of aromatic nitrogens is 4. The Morgan fingerprint density at radius 2 is 0.844 bits per heavy atom. The van der Waals surface area contributed by atoms with Gasteiger partial charge in [-0.05, 0) is 84.7 Å². The summed E-state index contributed by atoms with van der Waals surface area (Å²) in [6.45, 7) is 4.14. The number of aliphatic hydroxyl groups excluding tert-OH is 2. The summed E-state index contributed by atoms with van der Waals surface area (Å²) in [7, 11) is 0. The van der Waals surface area contributed by atoms with Crippen molar-refractivity contribution in [2.75, 3.05) is 39.3 Å². The van der Waals surface area contributed by atoms with Gasteiger partial charge in [-0.1, -0.05) is 109 Å². The summed E-state index contributed by atoms with van der Waals surface area (Å²) in [4.78, 5) is 54.1. The first kappa shape index (κ1) is 42.1. The van der Waals surface area contributed by atoms with Crippen molar-refractivity contribution < 1.29 is 19.8 Å². The Morgan fingerprint density at radius 3 is 1.22 bits per heavy atom. The van der Waals surface area contributed by atoms with Crippen LogP contribution in [-0.2, 0) is 9.59 Å². The van der Waals surface area contributed by atoms with Crippen LogP contribution in [0, 0.1) is 0 Å². The largest absolute Gasteiger partial charge is 0.393 e. The smallest absolute Gasteiger partial charge is 0.245 e. The Labute approximate surface area is 375 Å². The summed E-state index contributed by atoms with van der Waals surface area (Å²) >= 11 is 0. The molecule has 2 aromatic heterocycles. The van der Waals surface area contributed by atoms with E-state index >= 15 is 0 Å². The van der Waals surface area contributed by atoms with Gasteiger partial charge in [-0.25, -0.2) is 9.97 Å². The van der Waals surface area contributed by atoms with Crippen molar-refractivity contribution in [2.45, 2.75) is 87.7 Å². The van der Waals surface area contributed by atoms with Crippen LogP contribution in [0.25, 0.3) is 33.6 Å². The van der Waals surface area contributed by atoms with Gasteiger partial charge in [-0.15, -0.1) is 0 Å². The van der Waals surface area contributed by atoms with E-state index in [-0.39, 0.29) is 48.2 Å². The number of piperidine rings is 2. The first-order valence-corrected chi connectivity index (χ1v) is 23.2. The monoisotopic (exact) mass is 858 g/mol. The van der Waals surface area contributed by atoms with E-state index in [1.54, 1.807) is 0 Å². The summed E-state index contributed by atoms with van der Waals surface area (Å²) in [6.07, 6.45) is 9.39. The summed E-state index contributed by atoms with van der Waals surface area (Å²) < 4.78 is 0. The van der Waals surface area contributed by atoms with Gasteiger partial charge in [0.05, 0.1) is 48.1 Å². The van der Waals surface area contributed by atoms with Crippen LogP contribution in [0.5, 0.6) is 0 Å². The summed E-state index contributed by atoms with van der Waals surface area (Å²) in [5.41, 5.74) is 8.06. The number of carbonyl (C=O) groups is 2. The molecule has 0 saturated carbocycles. The summed E-state index contributed by atoms with van der Waals surface area (Å²) in [6, 6.07) is 36.1. The molecule has 2 unspecified atom stereocenters. The zero-order valence-corrected chi connectivity index (χ0v) is 36.3. The number of nitrogens with zero attached hydrogens (tertiary/aromatic N) is 6. The van der Waals surface area contributed by atoms with Crippen molar-refractivity contribution in [3.8, 4) is 33.6 Å². The molecule has 330 valence electrons. The van der Waals surface area contributed by atoms with E-state index in [2.05, 4.69) is 68.3 Å². The van der Waals surface area contributed by atoms with Gasteiger partial charge in [-0.3, -0.25) is 19.4 Å². The van der Waals surface area contributed by atoms with Crippen LogP contribution >= 0.6 is 0 Å². The maximum atomic E-state index is 14.4. The predicted octanol–water partition coefficient (Wildman–Crippen LogP) is 7.86. The van der Waals surface area contributed by atoms with Crippen molar-refractivity contribution in [3.63, 3.8) is 0 Å². The number of nitrogens with one attached hydrogen (secondary N) is 2. The molecule has 12 nitrogen and oxygen atoms in total. The number of hydrogen-bond donors (Lipinski definition) is 4. The van der Waals surface area contributed by atoms with E-state index in [1.807, 2.05) is 82.9 Å². The van der Waals surface area contributed by atoms with Gasteiger partial charge in [0.25, 0.3) is 0 Å². The molecular weight excluding hydrogens is 801 g/mol. The van der Waals surface area contributed by atoms with E-state index in [9.17, 15) is 19.8 Å². The molecule has 0 radical (unpaired) electrons. The van der Waals surface area contributed by atoms with Crippen LogP contribution in [0.4, 0.5) is 0 Å². The topological polar surface area (TPSA) is 145 Å². The van der Waals surface area contributed by atoms with Crippen LogP contribution in [-0.4, -0.2) is 113 Å². The molecule has 0 spiro atoms. The van der Waals surface area contributed by atoms with Gasteiger partial charge < -0.3 is 30.0 Å². The van der Waals surface area contributed by atoms with Crippen molar-refractivity contribution in [2.24, 2.45) is 0 Å². The van der Waals surface area contributed by atoms with E-state index in [4.69, 9.17) is 9.97 Å². The molecule has 4 aromatic carbocycles. The number of benzene rings is 4. The lowest BCUT2D eigenvalue weighted by atomic mass is 9.99. The lowest BCUT2D eigenvalue weighted by Gasteiger charge is -2.38. The number of carbonyl (C=O) groups excluding carboxylic acids is 2. The standard InChI is InChI=1S/C52H58N8O4/c61-41-23-29-57(30-24-41)47(39-9-3-1-4-10-39)51(63)59-27-7-13-45(59)49-53-33-43(55-49)37-19-15-35(16-20-37)36-17-21-38(22-18-36)44-34-54-50(56-44)46-14-8-28-60(46)52(64)48(40-11-5-2-6-12-40)58-31-25-42(62)26-32-58/h1-6,9-12,15-22,33-34,41-42,45-48,61-62H,7-8,13-14,23-32H2,(H,53,55)(H,54,56)/t45-,46-,47?,48?/m0/s1. The second-order valence-electron chi connectivity index (χ2n) is 18.1. The van der Waals surface area contributed by atoms with Crippen LogP contribution in [0.3, 0.4) is 0 Å². The second-order valence-corrected chi connectivity index (χ2v) is 18.1. The molecule has 4 saturated heterocycles. The van der Waals surface area contributed by atoms with Gasteiger partial charge >= 0.3 is 0 Å². The molecule has 12 heteroatoms. The third-order valence-electron chi connectivity index (χ3n) is 14.0. The summed E-state index contributed by atoms with van der Waals surface area (Å²) in [5, 5.41) is 20.4. The lowest BCUT2D eigenvalue weighted by molar-refractivity contribution is -0.140. The highest BCUT2D eigenvalue weighted by Gasteiger charge is 2.41. The van der Waals surface area contributed by atoms with Crippen molar-refractivity contribution >= 4 is 11.8 Å². The van der Waals surface area contributed by atoms with Crippen LogP contribution < -0.4 is 0 Å². The van der Waals surface area contributed by atoms with E-state index in [1.165, 1.54) is 0 Å². The predicted molar refractivity (Wildman–Crippen MR) is 246 cm³/mol. The number of H-pyrrole nitrogens is 2. The SMILES string of the molecule is O=C(C(c1ccccc1)N1CCC(O)CC1)N1CCC[C@H]1c1ncc(-c2ccc(-c3ccc(-c4cnc([C@@H]5CCCN5C(=O)C(c5ccccc5)N5CCC(O)CC5)[nH]4)cc3)cc2)[nH]1. The van der Waals surface area contributed by atoms with Gasteiger partial charge in [0.2, 0.25) is 11.8 Å². The molecule has 10 rings (SSSR count). The van der Waals surface area contributed by atoms with Crippen molar-refractivity contribution in [1.29, 1.82) is 0 Å². The fourth-order valence-corrected chi connectivity index (χ4v) is 10.5. The number of imidazole rings is 2. The number of amides is 2. The minimum absolute atomic E-state index is 0.0995. The fraction of sp³-hybridized carbons (Fsp3) is 0.385. The third kappa shape index (κ3) is 8.67. The molecule has 0 bridgehead atoms. The molecule has 6 heterocycles. The average molecular weight is 859 g/mol. The highest BCUT2D eigenvalue weighted by Crippen LogP contribution is 2.39. The molecule has 4 N–H and O–H groups in total. The number of aliphatic hydroxyl groups is 2. The highest BCUT2D eigenvalue weighted by atomic mass is 16.3. The highest BCUT2D eigenvalue weighted by molar-refractivity contribution is 5.85. The number of aromatic amines is 2. The molecule has 4 aliphatic heterocycles. The Hall–Kier alpha value is -5.92. The van der Waals surface area contributed by atoms with Crippen LogP contribution in [0.2, 0.25) is 0 Å². The number of rotatable bonds is 11. The van der Waals surface area contributed by atoms with Gasteiger partial charge in [0.15, 0.2) is 0 Å². The van der Waals surface area contributed by atoms with Crippen LogP contribution in [0.1, 0.15) is 98.3 Å². The zero-order valence-electron chi connectivity index (χ0n) is 36.3. The van der Waals surface area contributed by atoms with E-state index < -0.39 is 0 Å². The first-order valence-electron chi connectivity index (χ1n) is 23.2. The maximum absolute atomic E-state index is 14.4. The summed E-state index contributed by atoms with van der Waals surface area (Å²) in [5.74, 6) is 1.82. The quantitative estimate of drug-likeness (QED) is 0.103. The Morgan fingerprint density at radius 1 is 0.484 bits per heavy atom. The maximum Gasteiger partial charge on any atom is 0.245 e. The molecule has 0 aliphatic carbocycles.